The van der Waals surface area contributed by atoms with Gasteiger partial charge < -0.3 is 10.0 Å². The Hall–Kier alpha value is -0.940. The SMILES string of the molecule is O=C(c1cc(Br)ccc1F)N(CCO)C1CCCC1. The summed E-state index contributed by atoms with van der Waals surface area (Å²) >= 11 is 3.25. The number of rotatable bonds is 4. The van der Waals surface area contributed by atoms with Gasteiger partial charge >= 0.3 is 0 Å². The van der Waals surface area contributed by atoms with Crippen LogP contribution in [0.3, 0.4) is 0 Å². The van der Waals surface area contributed by atoms with Gasteiger partial charge in [-0.3, -0.25) is 4.79 Å². The predicted octanol–water partition coefficient (Wildman–Crippen LogP) is 2.97. The fraction of sp³-hybridized carbons (Fsp3) is 0.500. The number of hydrogen-bond donors (Lipinski definition) is 1. The smallest absolute Gasteiger partial charge is 0.257 e. The highest BCUT2D eigenvalue weighted by Gasteiger charge is 2.28. The third kappa shape index (κ3) is 3.34. The zero-order valence-corrected chi connectivity index (χ0v) is 12.2. The first kappa shape index (κ1) is 14.5. The van der Waals surface area contributed by atoms with Crippen LogP contribution in [0, 0.1) is 5.82 Å². The molecule has 1 aliphatic rings. The Kier molecular flexibility index (Phi) is 4.93. The van der Waals surface area contributed by atoms with E-state index in [0.29, 0.717) is 4.47 Å². The highest BCUT2D eigenvalue weighted by molar-refractivity contribution is 9.10. The summed E-state index contributed by atoms with van der Waals surface area (Å²) in [5, 5.41) is 9.12. The molecule has 0 aliphatic heterocycles. The van der Waals surface area contributed by atoms with E-state index in [1.165, 1.54) is 12.1 Å². The minimum atomic E-state index is -0.519. The number of carbonyl (C=O) groups excluding carboxylic acids is 1. The number of nitrogens with zero attached hydrogens (tertiary/aromatic N) is 1. The van der Waals surface area contributed by atoms with Gasteiger partial charge in [0, 0.05) is 17.1 Å². The molecule has 0 aromatic heterocycles. The first-order valence-electron chi connectivity index (χ1n) is 6.50. The molecule has 0 heterocycles. The molecule has 1 saturated carbocycles. The van der Waals surface area contributed by atoms with Gasteiger partial charge in [0.25, 0.3) is 5.91 Å². The lowest BCUT2D eigenvalue weighted by atomic mass is 10.1. The van der Waals surface area contributed by atoms with Crippen molar-refractivity contribution in [1.82, 2.24) is 4.90 Å². The van der Waals surface area contributed by atoms with Crippen LogP contribution in [-0.2, 0) is 0 Å². The molecule has 3 nitrogen and oxygen atoms in total. The standard InChI is InChI=1S/C14H17BrFNO2/c15-10-5-6-13(16)12(9-10)14(19)17(7-8-18)11-3-1-2-4-11/h5-6,9,11,18H,1-4,7-8H2. The lowest BCUT2D eigenvalue weighted by Crippen LogP contribution is -2.41. The Labute approximate surface area is 120 Å². The zero-order chi connectivity index (χ0) is 13.8. The topological polar surface area (TPSA) is 40.5 Å². The first-order chi connectivity index (χ1) is 9.13. The van der Waals surface area contributed by atoms with Crippen LogP contribution < -0.4 is 0 Å². The highest BCUT2D eigenvalue weighted by Crippen LogP contribution is 2.26. The molecule has 1 fully saturated rings. The summed E-state index contributed by atoms with van der Waals surface area (Å²) in [6, 6.07) is 4.47. The van der Waals surface area contributed by atoms with Crippen LogP contribution in [0.1, 0.15) is 36.0 Å². The van der Waals surface area contributed by atoms with Gasteiger partial charge in [-0.15, -0.1) is 0 Å². The molecule has 1 amide bonds. The second-order valence-corrected chi connectivity index (χ2v) is 5.70. The van der Waals surface area contributed by atoms with E-state index < -0.39 is 5.82 Å². The maximum atomic E-state index is 13.8. The number of carbonyl (C=O) groups is 1. The minimum absolute atomic E-state index is 0.0646. The van der Waals surface area contributed by atoms with E-state index in [2.05, 4.69) is 15.9 Å². The van der Waals surface area contributed by atoms with E-state index in [-0.39, 0.29) is 30.7 Å². The van der Waals surface area contributed by atoms with Crippen LogP contribution in [0.2, 0.25) is 0 Å². The Balaban J connectivity index is 2.25. The molecule has 0 radical (unpaired) electrons. The second kappa shape index (κ2) is 6.48. The second-order valence-electron chi connectivity index (χ2n) is 4.78. The van der Waals surface area contributed by atoms with Gasteiger partial charge in [0.05, 0.1) is 12.2 Å². The lowest BCUT2D eigenvalue weighted by molar-refractivity contribution is 0.0633. The molecule has 0 unspecified atom stereocenters. The van der Waals surface area contributed by atoms with Crippen LogP contribution >= 0.6 is 15.9 Å². The highest BCUT2D eigenvalue weighted by atomic mass is 79.9. The van der Waals surface area contributed by atoms with Gasteiger partial charge in [0.15, 0.2) is 0 Å². The molecule has 0 bridgehead atoms. The van der Waals surface area contributed by atoms with Gasteiger partial charge in [-0.25, -0.2) is 4.39 Å². The van der Waals surface area contributed by atoms with Gasteiger partial charge in [-0.2, -0.15) is 0 Å². The Morgan fingerprint density at radius 2 is 2.11 bits per heavy atom. The van der Waals surface area contributed by atoms with E-state index in [0.717, 1.165) is 25.7 Å². The predicted molar refractivity (Wildman–Crippen MR) is 74.5 cm³/mol. The molecule has 1 aliphatic carbocycles. The molecule has 19 heavy (non-hydrogen) atoms. The van der Waals surface area contributed by atoms with Crippen molar-refractivity contribution in [2.24, 2.45) is 0 Å². The maximum absolute atomic E-state index is 13.8. The van der Waals surface area contributed by atoms with Gasteiger partial charge in [-0.1, -0.05) is 28.8 Å². The number of amides is 1. The summed E-state index contributed by atoms with van der Waals surface area (Å²) in [5.74, 6) is -0.853. The molecule has 2 rings (SSSR count). The van der Waals surface area contributed by atoms with Crippen LogP contribution in [0.4, 0.5) is 4.39 Å². The summed E-state index contributed by atoms with van der Waals surface area (Å²) in [6.07, 6.45) is 4.03. The number of halogens is 2. The van der Waals surface area contributed by atoms with Gasteiger partial charge in [0.1, 0.15) is 5.82 Å². The van der Waals surface area contributed by atoms with Crippen molar-refractivity contribution in [3.05, 3.63) is 34.1 Å². The molecular formula is C14H17BrFNO2. The fourth-order valence-corrected chi connectivity index (χ4v) is 2.95. The number of hydrogen-bond acceptors (Lipinski definition) is 2. The normalized spacial score (nSPS) is 15.7. The molecule has 1 N–H and O–H groups in total. The molecule has 0 atom stereocenters. The third-order valence-electron chi connectivity index (χ3n) is 3.53. The van der Waals surface area contributed by atoms with Crippen molar-refractivity contribution >= 4 is 21.8 Å². The van der Waals surface area contributed by atoms with Crippen molar-refractivity contribution in [3.63, 3.8) is 0 Å². The molecule has 1 aromatic rings. The molecule has 1 aromatic carbocycles. The zero-order valence-electron chi connectivity index (χ0n) is 10.6. The van der Waals surface area contributed by atoms with Crippen molar-refractivity contribution in [2.75, 3.05) is 13.2 Å². The molecule has 0 spiro atoms. The first-order valence-corrected chi connectivity index (χ1v) is 7.29. The average molecular weight is 330 g/mol. The summed E-state index contributed by atoms with van der Waals surface area (Å²) in [6.45, 7) is 0.160. The van der Waals surface area contributed by atoms with Crippen LogP contribution in [0.5, 0.6) is 0 Å². The minimum Gasteiger partial charge on any atom is -0.395 e. The fourth-order valence-electron chi connectivity index (χ4n) is 2.59. The quantitative estimate of drug-likeness (QED) is 0.922. The molecule has 5 heteroatoms. The molecule has 0 saturated heterocycles. The third-order valence-corrected chi connectivity index (χ3v) is 4.02. The van der Waals surface area contributed by atoms with Crippen molar-refractivity contribution in [2.45, 2.75) is 31.7 Å². The van der Waals surface area contributed by atoms with Crippen LogP contribution in [0.15, 0.2) is 22.7 Å². The Morgan fingerprint density at radius 1 is 1.42 bits per heavy atom. The summed E-state index contributed by atoms with van der Waals surface area (Å²) in [4.78, 5) is 14.1. The monoisotopic (exact) mass is 329 g/mol. The van der Waals surface area contributed by atoms with E-state index in [9.17, 15) is 9.18 Å². The lowest BCUT2D eigenvalue weighted by Gasteiger charge is -2.28. The van der Waals surface area contributed by atoms with E-state index in [1.807, 2.05) is 0 Å². The van der Waals surface area contributed by atoms with Crippen molar-refractivity contribution in [1.29, 1.82) is 0 Å². The van der Waals surface area contributed by atoms with E-state index in [1.54, 1.807) is 11.0 Å². The number of aliphatic hydroxyl groups excluding tert-OH is 1. The number of aliphatic hydroxyl groups is 1. The Bertz CT molecular complexity index is 461. The summed E-state index contributed by atoms with van der Waals surface area (Å²) in [7, 11) is 0. The van der Waals surface area contributed by atoms with Crippen molar-refractivity contribution in [3.8, 4) is 0 Å². The Morgan fingerprint density at radius 3 is 2.74 bits per heavy atom. The average Bonchev–Trinajstić information content (AvgIpc) is 2.92. The van der Waals surface area contributed by atoms with Crippen molar-refractivity contribution < 1.29 is 14.3 Å². The van der Waals surface area contributed by atoms with Gasteiger partial charge in [0.2, 0.25) is 0 Å². The summed E-state index contributed by atoms with van der Waals surface area (Å²) in [5.41, 5.74) is 0.0646. The van der Waals surface area contributed by atoms with Gasteiger partial charge in [-0.05, 0) is 31.0 Å². The maximum Gasteiger partial charge on any atom is 0.257 e. The molecule has 104 valence electrons. The van der Waals surface area contributed by atoms with E-state index in [4.69, 9.17) is 5.11 Å². The summed E-state index contributed by atoms with van der Waals surface area (Å²) < 4.78 is 14.5. The number of benzene rings is 1. The largest absolute Gasteiger partial charge is 0.395 e. The van der Waals surface area contributed by atoms with E-state index >= 15 is 0 Å². The molecular weight excluding hydrogens is 313 g/mol. The van der Waals surface area contributed by atoms with Crippen LogP contribution in [0.25, 0.3) is 0 Å². The van der Waals surface area contributed by atoms with Crippen LogP contribution in [-0.4, -0.2) is 35.1 Å².